The maximum absolute atomic E-state index is 12.8. The molecule has 0 spiro atoms. The van der Waals surface area contributed by atoms with Crippen LogP contribution in [0.4, 0.5) is 22.0 Å². The minimum Gasteiger partial charge on any atom is -0.459 e. The van der Waals surface area contributed by atoms with Crippen molar-refractivity contribution in [3.8, 4) is 11.4 Å². The van der Waals surface area contributed by atoms with Crippen LogP contribution in [0.5, 0.6) is 0 Å². The summed E-state index contributed by atoms with van der Waals surface area (Å²) in [7, 11) is 0. The molecule has 0 aliphatic heterocycles. The fourth-order valence-corrected chi connectivity index (χ4v) is 4.48. The Kier molecular flexibility index (Phi) is 8.29. The Bertz CT molecular complexity index is 1920. The topological polar surface area (TPSA) is 137 Å². The van der Waals surface area contributed by atoms with Crippen molar-refractivity contribution in [1.82, 2.24) is 19.7 Å². The number of anilines is 3. The van der Waals surface area contributed by atoms with E-state index in [1.807, 2.05) is 42.5 Å². The summed E-state index contributed by atoms with van der Waals surface area (Å²) in [5.74, 6) is -1.06. The molecule has 2 heterocycles. The second kappa shape index (κ2) is 12.0. The number of esters is 1. The van der Waals surface area contributed by atoms with Crippen LogP contribution in [0.25, 0.3) is 33.2 Å². The molecule has 0 fully saturated rings. The molecule has 0 aliphatic rings. The lowest BCUT2D eigenvalue weighted by atomic mass is 10.1. The molecule has 5 rings (SSSR count). The van der Waals surface area contributed by atoms with E-state index in [4.69, 9.17) is 19.4 Å². The molecule has 0 saturated heterocycles. The Balaban J connectivity index is 1.42. The third-order valence-electron chi connectivity index (χ3n) is 6.54. The first-order valence-corrected chi connectivity index (χ1v) is 14.6. The number of amides is 1. The minimum absolute atomic E-state index is 0.436. The van der Waals surface area contributed by atoms with Gasteiger partial charge in [0.15, 0.2) is 5.82 Å². The number of para-hydroxylation sites is 1. The molecule has 11 heteroatoms. The Morgan fingerprint density at radius 2 is 1.56 bits per heavy atom. The molecule has 2 aromatic heterocycles. The summed E-state index contributed by atoms with van der Waals surface area (Å²) in [6, 6.07) is 20.3. The van der Waals surface area contributed by atoms with E-state index in [0.29, 0.717) is 28.4 Å². The standard InChI is InChI=1S/C34H36N6O5/c1-20(31(42)44-33(2,3)4)30(41)37-23-12-10-11-21(17-23)28-38-26-14-9-8-13-25(26)29(39-28)36-24-15-16-27-22(18-24)19-35-40(27)32(43)45-34(5,6)7/h8-20H,1-7H3,(H,37,41)(H,36,38,39)/t20-/m1/s1. The van der Waals surface area contributed by atoms with Crippen molar-refractivity contribution in [1.29, 1.82) is 0 Å². The van der Waals surface area contributed by atoms with Crippen molar-refractivity contribution in [2.75, 3.05) is 10.6 Å². The number of carbonyl (C=O) groups excluding carboxylic acids is 3. The van der Waals surface area contributed by atoms with Gasteiger partial charge in [-0.15, -0.1) is 0 Å². The highest BCUT2D eigenvalue weighted by molar-refractivity contribution is 6.04. The summed E-state index contributed by atoms with van der Waals surface area (Å²) >= 11 is 0. The quantitative estimate of drug-likeness (QED) is 0.153. The number of aromatic nitrogens is 4. The summed E-state index contributed by atoms with van der Waals surface area (Å²) in [6.45, 7) is 12.2. The van der Waals surface area contributed by atoms with Crippen LogP contribution in [0.15, 0.2) is 72.9 Å². The Morgan fingerprint density at radius 3 is 2.29 bits per heavy atom. The Morgan fingerprint density at radius 1 is 0.822 bits per heavy atom. The molecule has 0 aliphatic carbocycles. The monoisotopic (exact) mass is 608 g/mol. The Hall–Kier alpha value is -5.32. The lowest BCUT2D eigenvalue weighted by Crippen LogP contribution is -2.33. The van der Waals surface area contributed by atoms with E-state index in [2.05, 4.69) is 15.7 Å². The van der Waals surface area contributed by atoms with Gasteiger partial charge in [-0.25, -0.2) is 14.8 Å². The predicted octanol–water partition coefficient (Wildman–Crippen LogP) is 7.09. The zero-order chi connectivity index (χ0) is 32.5. The zero-order valence-corrected chi connectivity index (χ0v) is 26.3. The third-order valence-corrected chi connectivity index (χ3v) is 6.54. The predicted molar refractivity (Wildman–Crippen MR) is 173 cm³/mol. The largest absolute Gasteiger partial charge is 0.459 e. The molecule has 1 atom stereocenters. The fourth-order valence-electron chi connectivity index (χ4n) is 4.48. The number of carbonyl (C=O) groups is 3. The van der Waals surface area contributed by atoms with Crippen LogP contribution in [-0.4, -0.2) is 48.9 Å². The van der Waals surface area contributed by atoms with Crippen molar-refractivity contribution < 1.29 is 23.9 Å². The van der Waals surface area contributed by atoms with Crippen molar-refractivity contribution in [3.63, 3.8) is 0 Å². The molecule has 45 heavy (non-hydrogen) atoms. The van der Waals surface area contributed by atoms with Gasteiger partial charge in [0.05, 0.1) is 17.2 Å². The first-order valence-electron chi connectivity index (χ1n) is 14.6. The van der Waals surface area contributed by atoms with Crippen molar-refractivity contribution in [3.05, 3.63) is 72.9 Å². The number of benzene rings is 3. The number of fused-ring (bicyclic) bond motifs is 2. The van der Waals surface area contributed by atoms with Gasteiger partial charge >= 0.3 is 12.1 Å². The van der Waals surface area contributed by atoms with Crippen molar-refractivity contribution in [2.45, 2.75) is 59.7 Å². The SMILES string of the molecule is C[C@H](C(=O)Nc1cccc(-c2nc(Nc3ccc4c(cnn4C(=O)OC(C)(C)C)c3)c3ccccc3n2)c1)C(=O)OC(C)(C)C. The highest BCUT2D eigenvalue weighted by Gasteiger charge is 2.27. The lowest BCUT2D eigenvalue weighted by molar-refractivity contribution is -0.160. The van der Waals surface area contributed by atoms with Crippen LogP contribution in [0.3, 0.4) is 0 Å². The van der Waals surface area contributed by atoms with Gasteiger partial charge < -0.3 is 20.1 Å². The van der Waals surface area contributed by atoms with E-state index in [-0.39, 0.29) is 0 Å². The van der Waals surface area contributed by atoms with Crippen LogP contribution in [0.1, 0.15) is 48.5 Å². The molecule has 0 saturated carbocycles. The van der Waals surface area contributed by atoms with E-state index >= 15 is 0 Å². The van der Waals surface area contributed by atoms with Crippen LogP contribution in [0.2, 0.25) is 0 Å². The molecule has 2 N–H and O–H groups in total. The number of nitrogens with one attached hydrogen (secondary N) is 2. The highest BCUT2D eigenvalue weighted by atomic mass is 16.6. The maximum atomic E-state index is 12.8. The van der Waals surface area contributed by atoms with Gasteiger partial charge in [-0.3, -0.25) is 9.59 Å². The molecule has 0 bridgehead atoms. The molecule has 0 radical (unpaired) electrons. The van der Waals surface area contributed by atoms with Crippen molar-refractivity contribution in [2.24, 2.45) is 5.92 Å². The van der Waals surface area contributed by atoms with Gasteiger partial charge in [0.25, 0.3) is 0 Å². The van der Waals surface area contributed by atoms with E-state index in [0.717, 1.165) is 22.0 Å². The second-order valence-corrected chi connectivity index (χ2v) is 12.7. The Labute approximate surface area is 261 Å². The highest BCUT2D eigenvalue weighted by Crippen LogP contribution is 2.30. The van der Waals surface area contributed by atoms with E-state index in [1.165, 1.54) is 11.6 Å². The second-order valence-electron chi connectivity index (χ2n) is 12.7. The van der Waals surface area contributed by atoms with E-state index < -0.39 is 35.1 Å². The number of hydrogen-bond acceptors (Lipinski definition) is 9. The van der Waals surface area contributed by atoms with Gasteiger partial charge in [-0.2, -0.15) is 9.78 Å². The number of nitrogens with zero attached hydrogens (tertiary/aromatic N) is 4. The summed E-state index contributed by atoms with van der Waals surface area (Å²) in [6.07, 6.45) is 1.06. The summed E-state index contributed by atoms with van der Waals surface area (Å²) in [4.78, 5) is 47.5. The molecule has 1 amide bonds. The average Bonchev–Trinajstić information content (AvgIpc) is 3.38. The van der Waals surface area contributed by atoms with Crippen LogP contribution in [-0.2, 0) is 19.1 Å². The number of rotatable bonds is 6. The molecular formula is C34H36N6O5. The lowest BCUT2D eigenvalue weighted by Gasteiger charge is -2.22. The average molecular weight is 609 g/mol. The van der Waals surface area contributed by atoms with Crippen LogP contribution in [0, 0.1) is 5.92 Å². The maximum Gasteiger partial charge on any atom is 0.435 e. The van der Waals surface area contributed by atoms with Gasteiger partial charge in [-0.05, 0) is 90.9 Å². The third kappa shape index (κ3) is 7.43. The minimum atomic E-state index is -0.991. The molecule has 232 valence electrons. The molecule has 3 aromatic carbocycles. The molecular weight excluding hydrogens is 572 g/mol. The van der Waals surface area contributed by atoms with Gasteiger partial charge in [-0.1, -0.05) is 24.3 Å². The van der Waals surface area contributed by atoms with Crippen LogP contribution < -0.4 is 10.6 Å². The van der Waals surface area contributed by atoms with E-state index in [9.17, 15) is 14.4 Å². The van der Waals surface area contributed by atoms with Gasteiger partial charge in [0, 0.05) is 27.7 Å². The normalized spacial score (nSPS) is 12.5. The first-order chi connectivity index (χ1) is 21.2. The summed E-state index contributed by atoms with van der Waals surface area (Å²) in [5.41, 5.74) is 1.88. The number of hydrogen-bond donors (Lipinski definition) is 2. The molecule has 0 unspecified atom stereocenters. The van der Waals surface area contributed by atoms with Crippen molar-refractivity contribution >= 4 is 57.0 Å². The van der Waals surface area contributed by atoms with E-state index in [1.54, 1.807) is 72.0 Å². The van der Waals surface area contributed by atoms with Gasteiger partial charge in [0.1, 0.15) is 22.9 Å². The molecule has 11 nitrogen and oxygen atoms in total. The summed E-state index contributed by atoms with van der Waals surface area (Å²) in [5, 5.41) is 12.0. The molecule has 5 aromatic rings. The zero-order valence-electron chi connectivity index (χ0n) is 26.3. The van der Waals surface area contributed by atoms with Gasteiger partial charge in [0.2, 0.25) is 5.91 Å². The fraction of sp³-hybridized carbons (Fsp3) is 0.294. The summed E-state index contributed by atoms with van der Waals surface area (Å²) < 4.78 is 12.1. The first kappa shape index (κ1) is 31.1. The number of ether oxygens (including phenoxy) is 2. The van der Waals surface area contributed by atoms with Crippen LogP contribution >= 0.6 is 0 Å². The smallest absolute Gasteiger partial charge is 0.435 e.